The fourth-order valence-corrected chi connectivity index (χ4v) is 3.38. The number of hydrogen-bond donors (Lipinski definition) is 1. The van der Waals surface area contributed by atoms with Crippen LogP contribution in [0, 0.1) is 6.92 Å². The number of nitrogens with two attached hydrogens (primary N) is 1. The number of aromatic nitrogens is 2. The Hall–Kier alpha value is -1.85. The van der Waals surface area contributed by atoms with E-state index in [0.717, 1.165) is 34.1 Å². The lowest BCUT2D eigenvalue weighted by atomic mass is 10.1. The van der Waals surface area contributed by atoms with Crippen LogP contribution in [0.3, 0.4) is 0 Å². The molecule has 0 unspecified atom stereocenters. The number of fused-ring (bicyclic) bond motifs is 1. The molecule has 1 aromatic carbocycles. The summed E-state index contributed by atoms with van der Waals surface area (Å²) in [6.45, 7) is 2.76. The summed E-state index contributed by atoms with van der Waals surface area (Å²) < 4.78 is 7.40. The molecule has 0 saturated carbocycles. The summed E-state index contributed by atoms with van der Waals surface area (Å²) in [7, 11) is 1.67. The average molecular weight is 287 g/mol. The second-order valence-electron chi connectivity index (χ2n) is 4.66. The molecule has 3 rings (SSSR count). The van der Waals surface area contributed by atoms with Crippen LogP contribution in [0.2, 0.25) is 0 Å². The van der Waals surface area contributed by atoms with Gasteiger partial charge in [0.2, 0.25) is 0 Å². The van der Waals surface area contributed by atoms with Crippen molar-refractivity contribution >= 4 is 16.3 Å². The average Bonchev–Trinajstić information content (AvgIpc) is 3.01. The first-order valence-corrected chi connectivity index (χ1v) is 7.42. The molecule has 0 radical (unpaired) electrons. The van der Waals surface area contributed by atoms with Gasteiger partial charge in [-0.1, -0.05) is 0 Å². The quantitative estimate of drug-likeness (QED) is 0.802. The van der Waals surface area contributed by atoms with Crippen molar-refractivity contribution < 1.29 is 4.74 Å². The minimum atomic E-state index is 0.654. The van der Waals surface area contributed by atoms with Gasteiger partial charge < -0.3 is 10.5 Å². The van der Waals surface area contributed by atoms with E-state index in [1.54, 1.807) is 18.4 Å². The lowest BCUT2D eigenvalue weighted by Gasteiger charge is -2.03. The summed E-state index contributed by atoms with van der Waals surface area (Å²) in [5.41, 5.74) is 10.2. The summed E-state index contributed by atoms with van der Waals surface area (Å²) in [5, 5.41) is 2.14. The number of ether oxygens (including phenoxy) is 1. The van der Waals surface area contributed by atoms with Gasteiger partial charge in [0.25, 0.3) is 0 Å². The Balaban J connectivity index is 2.09. The first-order chi connectivity index (χ1) is 9.74. The number of nitrogens with zero attached hydrogens (tertiary/aromatic N) is 2. The normalized spacial score (nSPS) is 11.2. The van der Waals surface area contributed by atoms with Crippen LogP contribution in [-0.2, 0) is 6.42 Å². The second-order valence-corrected chi connectivity index (χ2v) is 5.49. The summed E-state index contributed by atoms with van der Waals surface area (Å²) in [6.07, 6.45) is 0.874. The van der Waals surface area contributed by atoms with Crippen LogP contribution in [0.25, 0.3) is 16.2 Å². The number of methoxy groups -OCH3 is 1. The molecule has 0 bridgehead atoms. The van der Waals surface area contributed by atoms with Crippen LogP contribution in [0.5, 0.6) is 5.75 Å². The zero-order chi connectivity index (χ0) is 14.1. The van der Waals surface area contributed by atoms with Gasteiger partial charge in [0.05, 0.1) is 12.8 Å². The predicted octanol–water partition coefficient (Wildman–Crippen LogP) is 2.88. The van der Waals surface area contributed by atoms with Crippen LogP contribution in [0.4, 0.5) is 0 Å². The fourth-order valence-electron chi connectivity index (χ4n) is 2.41. The molecule has 0 fully saturated rings. The minimum absolute atomic E-state index is 0.654. The van der Waals surface area contributed by atoms with Crippen molar-refractivity contribution in [2.75, 3.05) is 13.7 Å². The van der Waals surface area contributed by atoms with Crippen molar-refractivity contribution in [1.82, 2.24) is 9.38 Å². The van der Waals surface area contributed by atoms with E-state index in [-0.39, 0.29) is 0 Å². The molecule has 5 heteroatoms. The van der Waals surface area contributed by atoms with Crippen molar-refractivity contribution in [2.45, 2.75) is 13.3 Å². The van der Waals surface area contributed by atoms with E-state index in [1.165, 1.54) is 5.69 Å². The number of hydrogen-bond acceptors (Lipinski definition) is 4. The highest BCUT2D eigenvalue weighted by atomic mass is 32.1. The lowest BCUT2D eigenvalue weighted by molar-refractivity contribution is 0.415. The molecule has 104 valence electrons. The van der Waals surface area contributed by atoms with Crippen LogP contribution in [0.15, 0.2) is 29.6 Å². The number of benzene rings is 1. The molecule has 4 nitrogen and oxygen atoms in total. The van der Waals surface area contributed by atoms with Crippen LogP contribution < -0.4 is 10.5 Å². The number of imidazole rings is 1. The predicted molar refractivity (Wildman–Crippen MR) is 82.6 cm³/mol. The zero-order valence-electron chi connectivity index (χ0n) is 11.6. The molecular weight excluding hydrogens is 270 g/mol. The molecule has 0 aliphatic rings. The number of aryl methyl sites for hydroxylation is 1. The zero-order valence-corrected chi connectivity index (χ0v) is 12.4. The van der Waals surface area contributed by atoms with Crippen LogP contribution >= 0.6 is 11.3 Å². The third-order valence-corrected chi connectivity index (χ3v) is 4.30. The van der Waals surface area contributed by atoms with Crippen molar-refractivity contribution in [1.29, 1.82) is 0 Å². The first kappa shape index (κ1) is 13.1. The summed E-state index contributed by atoms with van der Waals surface area (Å²) in [5.74, 6) is 0.858. The molecule has 0 saturated heterocycles. The third kappa shape index (κ3) is 2.09. The molecule has 2 heterocycles. The maximum Gasteiger partial charge on any atom is 0.194 e. The van der Waals surface area contributed by atoms with Crippen molar-refractivity contribution in [2.24, 2.45) is 5.73 Å². The molecule has 3 aromatic rings. The van der Waals surface area contributed by atoms with E-state index in [4.69, 9.17) is 15.5 Å². The highest BCUT2D eigenvalue weighted by Gasteiger charge is 2.14. The van der Waals surface area contributed by atoms with E-state index in [9.17, 15) is 0 Å². The highest BCUT2D eigenvalue weighted by Crippen LogP contribution is 2.29. The highest BCUT2D eigenvalue weighted by molar-refractivity contribution is 7.15. The Morgan fingerprint density at radius 1 is 1.30 bits per heavy atom. The molecule has 0 atom stereocenters. The van der Waals surface area contributed by atoms with Crippen molar-refractivity contribution in [3.8, 4) is 17.0 Å². The van der Waals surface area contributed by atoms with Crippen molar-refractivity contribution in [3.63, 3.8) is 0 Å². The van der Waals surface area contributed by atoms with Gasteiger partial charge in [-0.15, -0.1) is 11.3 Å². The van der Waals surface area contributed by atoms with Crippen molar-refractivity contribution in [3.05, 3.63) is 41.0 Å². The van der Waals surface area contributed by atoms with E-state index < -0.39 is 0 Å². The molecule has 2 aromatic heterocycles. The Morgan fingerprint density at radius 2 is 2.05 bits per heavy atom. The fraction of sp³-hybridized carbons (Fsp3) is 0.267. The minimum Gasteiger partial charge on any atom is -0.497 e. The molecule has 20 heavy (non-hydrogen) atoms. The van der Waals surface area contributed by atoms with E-state index >= 15 is 0 Å². The van der Waals surface area contributed by atoms with Gasteiger partial charge in [-0.25, -0.2) is 4.98 Å². The number of thiazole rings is 1. The molecule has 0 spiro atoms. The standard InChI is InChI=1S/C15H17N3OS/c1-10-14(11-3-5-13(19-2)6-4-11)17-15-18(10)12(7-8-16)9-20-15/h3-6,9H,7-8,16H2,1-2H3. The van der Waals surface area contributed by atoms with Gasteiger partial charge >= 0.3 is 0 Å². The lowest BCUT2D eigenvalue weighted by Crippen LogP contribution is -2.05. The van der Waals surface area contributed by atoms with Crippen LogP contribution in [0.1, 0.15) is 11.4 Å². The monoisotopic (exact) mass is 287 g/mol. The number of rotatable bonds is 4. The van der Waals surface area contributed by atoms with Gasteiger partial charge in [-0.2, -0.15) is 0 Å². The second kappa shape index (κ2) is 5.26. The van der Waals surface area contributed by atoms with E-state index in [1.807, 2.05) is 24.3 Å². The molecule has 0 aliphatic carbocycles. The Kier molecular flexibility index (Phi) is 3.46. The summed E-state index contributed by atoms with van der Waals surface area (Å²) >= 11 is 1.66. The van der Waals surface area contributed by atoms with E-state index in [0.29, 0.717) is 6.54 Å². The smallest absolute Gasteiger partial charge is 0.194 e. The van der Waals surface area contributed by atoms with Gasteiger partial charge in [-0.3, -0.25) is 4.40 Å². The molecular formula is C15H17N3OS. The van der Waals surface area contributed by atoms with Gasteiger partial charge in [0.1, 0.15) is 5.75 Å². The Morgan fingerprint density at radius 3 is 2.70 bits per heavy atom. The topological polar surface area (TPSA) is 52.5 Å². The Bertz CT molecular complexity index is 727. The maximum absolute atomic E-state index is 5.67. The molecule has 2 N–H and O–H groups in total. The Labute approximate surface area is 121 Å². The molecule has 0 amide bonds. The first-order valence-electron chi connectivity index (χ1n) is 6.54. The summed E-state index contributed by atoms with van der Waals surface area (Å²) in [6, 6.07) is 8.01. The van der Waals surface area contributed by atoms with E-state index in [2.05, 4.69) is 16.7 Å². The van der Waals surface area contributed by atoms with Gasteiger partial charge in [0, 0.05) is 28.8 Å². The third-order valence-electron chi connectivity index (χ3n) is 3.43. The summed E-state index contributed by atoms with van der Waals surface area (Å²) in [4.78, 5) is 5.77. The maximum atomic E-state index is 5.67. The van der Waals surface area contributed by atoms with Gasteiger partial charge in [0.15, 0.2) is 4.96 Å². The van der Waals surface area contributed by atoms with Gasteiger partial charge in [-0.05, 0) is 37.7 Å². The molecule has 0 aliphatic heterocycles. The van der Waals surface area contributed by atoms with Crippen LogP contribution in [-0.4, -0.2) is 23.0 Å². The SMILES string of the molecule is COc1ccc(-c2nc3scc(CCN)n3c2C)cc1. The largest absolute Gasteiger partial charge is 0.497 e.